The Kier molecular flexibility index (Phi) is 10.1. The number of likely N-dealkylation sites (N-methyl/N-ethyl adjacent to an activating group) is 1. The molecule has 3 aliphatic heterocycles. The number of guanidine groups is 1. The monoisotopic (exact) mass is 766 g/mol. The van der Waals surface area contributed by atoms with Crippen molar-refractivity contribution < 1.29 is 48.4 Å². The summed E-state index contributed by atoms with van der Waals surface area (Å²) in [6, 6.07) is 2.45. The van der Waals surface area contributed by atoms with Crippen LogP contribution in [-0.4, -0.2) is 132 Å². The van der Waals surface area contributed by atoms with Gasteiger partial charge < -0.3 is 56.3 Å². The molecule has 0 radical (unpaired) electrons. The number of nitrogens with zero attached hydrogens (tertiary/aromatic N) is 2. The van der Waals surface area contributed by atoms with E-state index < -0.39 is 72.0 Å². The lowest BCUT2D eigenvalue weighted by molar-refractivity contribution is -0.143. The molecule has 18 nitrogen and oxygen atoms in total. The van der Waals surface area contributed by atoms with Gasteiger partial charge in [-0.25, -0.2) is 4.79 Å². The first-order chi connectivity index (χ1) is 26.2. The van der Waals surface area contributed by atoms with Gasteiger partial charge in [0.2, 0.25) is 17.7 Å². The van der Waals surface area contributed by atoms with Gasteiger partial charge in [0.25, 0.3) is 0 Å². The second kappa shape index (κ2) is 14.5. The van der Waals surface area contributed by atoms with Gasteiger partial charge in [-0.3, -0.25) is 29.5 Å². The maximum atomic E-state index is 14.1. The second-order valence-electron chi connectivity index (χ2n) is 15.8. The quantitative estimate of drug-likeness (QED) is 0.0511. The van der Waals surface area contributed by atoms with Crippen LogP contribution in [-0.2, 0) is 35.8 Å². The van der Waals surface area contributed by atoms with Crippen LogP contribution in [0.4, 0.5) is 4.79 Å². The third-order valence-electron chi connectivity index (χ3n) is 12.4. The van der Waals surface area contributed by atoms with E-state index in [-0.39, 0.29) is 36.9 Å². The number of rotatable bonds is 14. The van der Waals surface area contributed by atoms with Crippen LogP contribution in [0.2, 0.25) is 0 Å². The molecule has 6 aliphatic rings. The minimum absolute atomic E-state index is 0.0752. The molecule has 1 aromatic rings. The van der Waals surface area contributed by atoms with Crippen LogP contribution < -0.4 is 36.5 Å². The van der Waals surface area contributed by atoms with Crippen LogP contribution >= 0.6 is 0 Å². The fraction of sp³-hybridized carbons (Fsp3) is 0.622. The minimum atomic E-state index is -1.34. The van der Waals surface area contributed by atoms with Crippen molar-refractivity contribution in [1.82, 2.24) is 31.1 Å². The molecule has 2 spiro atoms. The molecule has 1 unspecified atom stereocenters. The van der Waals surface area contributed by atoms with E-state index in [2.05, 4.69) is 32.2 Å². The molecular formula is C37H50N8O10. The number of carboxylic acids is 1. The predicted molar refractivity (Wildman–Crippen MR) is 194 cm³/mol. The van der Waals surface area contributed by atoms with Crippen LogP contribution in [0, 0.1) is 10.8 Å². The Bertz CT molecular complexity index is 1820. The van der Waals surface area contributed by atoms with Crippen LogP contribution in [0.15, 0.2) is 24.0 Å². The molecule has 298 valence electrons. The molecule has 7 rings (SSSR count). The normalized spacial score (nSPS) is 29.9. The third-order valence-corrected chi connectivity index (χ3v) is 12.4. The molecule has 3 aliphatic carbocycles. The Morgan fingerprint density at radius 3 is 2.67 bits per heavy atom. The number of hydrogen-bond acceptors (Lipinski definition) is 11. The average Bonchev–Trinajstić information content (AvgIpc) is 3.56. The standard InChI is InChI=1S/C37H50N8O10/c1-44-19-35-15-20-8-9-23(53-2)29-28(20)36(18-35)30(55-29)24(10-11-37(36,52)32(35)44)54-34(51)45-13-4-3-6-21(45)16-42-31(50)22(7-5-12-40-33(38)39)43-26(47)17-41-25(46)14-27(48)49/h8-10,21-22,30,32,52H,3-7,11-19H2,1-2H3,(H,41,46)(H,42,50)(H,43,47)(H,48,49)(H4,38,39,40)/t21-,22+,30+,32-,35?,36+,37-/m1/s1. The zero-order valence-electron chi connectivity index (χ0n) is 31.1. The number of carboxylic acid groups (broad SMARTS) is 1. The summed E-state index contributed by atoms with van der Waals surface area (Å²) in [5, 5.41) is 39.2. The van der Waals surface area contributed by atoms with Crippen molar-refractivity contribution in [3.05, 3.63) is 35.1 Å². The van der Waals surface area contributed by atoms with Crippen LogP contribution in [0.25, 0.3) is 0 Å². The fourth-order valence-electron chi connectivity index (χ4n) is 10.5. The molecule has 9 N–H and O–H groups in total. The number of fused-ring (bicyclic) bond motifs is 1. The molecule has 55 heavy (non-hydrogen) atoms. The number of ether oxygens (including phenoxy) is 3. The number of piperidine rings is 1. The number of likely N-dealkylation sites (tertiary alicyclic amines) is 2. The number of nitrogens with two attached hydrogens (primary N) is 1. The molecule has 7 atom stereocenters. The SMILES string of the molecule is COc1ccc2c3c1O[C@H]1C(OC(=O)N4CCCC[C@@H]4CNC(=O)[C@H](CCCNC(=N)N)NC(=O)CNC(=O)CC(=O)O)=CC[C@@]4(O)[C@@H]5N(C)CC5(C2)C[C@]314. The first-order valence-corrected chi connectivity index (χ1v) is 18.8. The van der Waals surface area contributed by atoms with Gasteiger partial charge in [0.05, 0.1) is 30.7 Å². The molecule has 3 fully saturated rings. The minimum Gasteiger partial charge on any atom is -0.493 e. The maximum absolute atomic E-state index is 14.1. The van der Waals surface area contributed by atoms with Gasteiger partial charge >= 0.3 is 12.1 Å². The zero-order chi connectivity index (χ0) is 39.3. The molecule has 0 aromatic heterocycles. The molecule has 2 saturated heterocycles. The van der Waals surface area contributed by atoms with Crippen molar-refractivity contribution >= 4 is 35.7 Å². The van der Waals surface area contributed by atoms with Crippen molar-refractivity contribution in [3.63, 3.8) is 0 Å². The van der Waals surface area contributed by atoms with Crippen LogP contribution in [0.5, 0.6) is 11.5 Å². The zero-order valence-corrected chi connectivity index (χ0v) is 31.1. The van der Waals surface area contributed by atoms with Crippen molar-refractivity contribution in [3.8, 4) is 11.5 Å². The first-order valence-electron chi connectivity index (χ1n) is 18.8. The lowest BCUT2D eigenvalue weighted by atomic mass is 9.59. The average molecular weight is 767 g/mol. The highest BCUT2D eigenvalue weighted by Crippen LogP contribution is 2.75. The van der Waals surface area contributed by atoms with Gasteiger partial charge in [-0.1, -0.05) is 6.07 Å². The van der Waals surface area contributed by atoms with Crippen molar-refractivity contribution in [2.75, 3.05) is 46.9 Å². The summed E-state index contributed by atoms with van der Waals surface area (Å²) >= 11 is 0. The maximum Gasteiger partial charge on any atom is 0.415 e. The topological polar surface area (TPSA) is 258 Å². The Morgan fingerprint density at radius 2 is 1.95 bits per heavy atom. The molecular weight excluding hydrogens is 716 g/mol. The summed E-state index contributed by atoms with van der Waals surface area (Å²) < 4.78 is 18.7. The number of benzene rings is 1. The lowest BCUT2D eigenvalue weighted by Crippen LogP contribution is -2.70. The molecule has 1 aromatic carbocycles. The van der Waals surface area contributed by atoms with E-state index in [1.54, 1.807) is 18.1 Å². The highest BCUT2D eigenvalue weighted by atomic mass is 16.6. The van der Waals surface area contributed by atoms with E-state index in [0.29, 0.717) is 49.5 Å². The summed E-state index contributed by atoms with van der Waals surface area (Å²) in [7, 11) is 3.63. The Balaban J connectivity index is 1.03. The van der Waals surface area contributed by atoms with Gasteiger partial charge in [0, 0.05) is 49.6 Å². The number of aliphatic hydroxyl groups is 1. The van der Waals surface area contributed by atoms with Crippen LogP contribution in [0.1, 0.15) is 62.5 Å². The number of aliphatic carboxylic acids is 1. The van der Waals surface area contributed by atoms with E-state index in [4.69, 9.17) is 30.5 Å². The smallest absolute Gasteiger partial charge is 0.415 e. The lowest BCUT2D eigenvalue weighted by Gasteiger charge is -2.56. The first kappa shape index (κ1) is 38.2. The van der Waals surface area contributed by atoms with Crippen molar-refractivity contribution in [2.45, 2.75) is 93.0 Å². The molecule has 4 amide bonds. The van der Waals surface area contributed by atoms with E-state index in [9.17, 15) is 29.1 Å². The molecule has 18 heteroatoms. The highest BCUT2D eigenvalue weighted by Gasteiger charge is 2.82. The van der Waals surface area contributed by atoms with E-state index in [0.717, 1.165) is 36.9 Å². The largest absolute Gasteiger partial charge is 0.493 e. The highest BCUT2D eigenvalue weighted by molar-refractivity contribution is 5.95. The Morgan fingerprint density at radius 1 is 1.15 bits per heavy atom. The summed E-state index contributed by atoms with van der Waals surface area (Å²) in [6.45, 7) is 1.07. The summed E-state index contributed by atoms with van der Waals surface area (Å²) in [5.74, 6) is -2.14. The summed E-state index contributed by atoms with van der Waals surface area (Å²) in [6.07, 6.45) is 4.16. The van der Waals surface area contributed by atoms with Gasteiger partial charge in [0.1, 0.15) is 18.2 Å². The number of nitrogens with one attached hydrogen (secondary N) is 5. The predicted octanol–water partition coefficient (Wildman–Crippen LogP) is -0.581. The van der Waals surface area contributed by atoms with Crippen molar-refractivity contribution in [1.29, 1.82) is 5.41 Å². The Hall–Kier alpha value is -5.10. The van der Waals surface area contributed by atoms with Crippen molar-refractivity contribution in [2.24, 2.45) is 11.1 Å². The number of methoxy groups -OCH3 is 1. The second-order valence-corrected chi connectivity index (χ2v) is 15.8. The number of carbonyl (C=O) groups is 5. The third kappa shape index (κ3) is 6.47. The molecule has 1 saturated carbocycles. The number of hydrogen-bond donors (Lipinski definition) is 8. The van der Waals surface area contributed by atoms with E-state index in [1.807, 2.05) is 13.1 Å². The van der Waals surface area contributed by atoms with Gasteiger partial charge in [-0.2, -0.15) is 0 Å². The number of amides is 4. The van der Waals surface area contributed by atoms with Gasteiger partial charge in [0.15, 0.2) is 23.6 Å². The number of carbonyl (C=O) groups excluding carboxylic acids is 4. The van der Waals surface area contributed by atoms with Gasteiger partial charge in [-0.05, 0) is 69.7 Å². The Labute approximate surface area is 318 Å². The molecule has 3 heterocycles. The van der Waals surface area contributed by atoms with E-state index in [1.165, 1.54) is 0 Å². The fourth-order valence-corrected chi connectivity index (χ4v) is 10.5. The van der Waals surface area contributed by atoms with Gasteiger partial charge in [-0.15, -0.1) is 0 Å². The summed E-state index contributed by atoms with van der Waals surface area (Å²) in [5.41, 5.74) is 5.37. The van der Waals surface area contributed by atoms with Crippen LogP contribution in [0.3, 0.4) is 0 Å². The molecule has 2 bridgehead atoms. The van der Waals surface area contributed by atoms with E-state index >= 15 is 0 Å². The summed E-state index contributed by atoms with van der Waals surface area (Å²) in [4.78, 5) is 66.6.